The number of hydrogen-bond donors (Lipinski definition) is 2. The van der Waals surface area contributed by atoms with Crippen molar-refractivity contribution >= 4 is 34.5 Å². The van der Waals surface area contributed by atoms with E-state index in [-0.39, 0.29) is 11.9 Å². The summed E-state index contributed by atoms with van der Waals surface area (Å²) in [5, 5.41) is 5.16. The molecule has 0 bridgehead atoms. The number of urea groups is 1. The van der Waals surface area contributed by atoms with Gasteiger partial charge in [0.25, 0.3) is 5.91 Å². The molecule has 1 fully saturated rings. The van der Waals surface area contributed by atoms with E-state index in [1.165, 1.54) is 14.7 Å². The van der Waals surface area contributed by atoms with E-state index in [1.807, 2.05) is 0 Å². The maximum atomic E-state index is 11.9. The van der Waals surface area contributed by atoms with E-state index >= 15 is 0 Å². The van der Waals surface area contributed by atoms with Crippen molar-refractivity contribution in [1.29, 1.82) is 0 Å². The molecule has 1 spiro atoms. The Morgan fingerprint density at radius 2 is 1.83 bits per heavy atom. The molecule has 1 heterocycles. The van der Waals surface area contributed by atoms with E-state index in [9.17, 15) is 9.59 Å². The highest BCUT2D eigenvalue weighted by atomic mass is 127. The maximum Gasteiger partial charge on any atom is 0.322 e. The van der Waals surface area contributed by atoms with Crippen LogP contribution in [0.5, 0.6) is 0 Å². The fourth-order valence-electron chi connectivity index (χ4n) is 2.77. The number of hydrogen-bond acceptors (Lipinski definition) is 2. The van der Waals surface area contributed by atoms with E-state index in [2.05, 4.69) is 51.4 Å². The zero-order chi connectivity index (χ0) is 12.8. The normalized spacial score (nSPS) is 26.5. The van der Waals surface area contributed by atoms with Gasteiger partial charge in [-0.3, -0.25) is 10.1 Å². The van der Waals surface area contributed by atoms with Crippen molar-refractivity contribution in [3.8, 4) is 0 Å². The van der Waals surface area contributed by atoms with Crippen LogP contribution in [0.3, 0.4) is 0 Å². The van der Waals surface area contributed by atoms with Crippen LogP contribution in [-0.4, -0.2) is 17.5 Å². The second kappa shape index (κ2) is 4.22. The van der Waals surface area contributed by atoms with Gasteiger partial charge < -0.3 is 5.32 Å². The molecule has 2 N–H and O–H groups in total. The van der Waals surface area contributed by atoms with Crippen LogP contribution in [-0.2, 0) is 17.6 Å². The van der Waals surface area contributed by atoms with E-state index < -0.39 is 5.54 Å². The topological polar surface area (TPSA) is 58.2 Å². The van der Waals surface area contributed by atoms with Crippen LogP contribution >= 0.6 is 22.6 Å². The fraction of sp³-hybridized carbons (Fsp3) is 0.385. The van der Waals surface area contributed by atoms with Gasteiger partial charge in [-0.1, -0.05) is 6.07 Å². The van der Waals surface area contributed by atoms with Gasteiger partial charge in [0.1, 0.15) is 5.54 Å². The lowest BCUT2D eigenvalue weighted by Crippen LogP contribution is -2.46. The lowest BCUT2D eigenvalue weighted by Gasteiger charge is -2.23. The Labute approximate surface area is 119 Å². The number of amides is 3. The summed E-state index contributed by atoms with van der Waals surface area (Å²) in [5.74, 6) is -0.171. The van der Waals surface area contributed by atoms with Crippen molar-refractivity contribution in [2.45, 2.75) is 31.2 Å². The summed E-state index contributed by atoms with van der Waals surface area (Å²) in [6, 6.07) is 6.03. The fourth-order valence-corrected chi connectivity index (χ4v) is 3.33. The van der Waals surface area contributed by atoms with Gasteiger partial charge in [0, 0.05) is 3.57 Å². The lowest BCUT2D eigenvalue weighted by molar-refractivity contribution is -0.124. The molecule has 4 nitrogen and oxygen atoms in total. The summed E-state index contributed by atoms with van der Waals surface area (Å²) in [4.78, 5) is 23.3. The first kappa shape index (κ1) is 12.0. The number of halogens is 1. The molecule has 5 heteroatoms. The zero-order valence-electron chi connectivity index (χ0n) is 9.75. The number of rotatable bonds is 0. The summed E-state index contributed by atoms with van der Waals surface area (Å²) < 4.78 is 1.21. The smallest absolute Gasteiger partial charge is 0.322 e. The van der Waals surface area contributed by atoms with Crippen LogP contribution in [0.25, 0.3) is 0 Å². The quantitative estimate of drug-likeness (QED) is 0.550. The molecule has 1 atom stereocenters. The number of carbonyl (C=O) groups is 2. The minimum absolute atomic E-state index is 0.171. The molecule has 94 valence electrons. The number of carbonyl (C=O) groups excluding carboxylic acids is 2. The molecule has 3 amide bonds. The van der Waals surface area contributed by atoms with Gasteiger partial charge >= 0.3 is 6.03 Å². The Bertz CT molecular complexity index is 544. The highest BCUT2D eigenvalue weighted by Crippen LogP contribution is 2.30. The average molecular weight is 356 g/mol. The molecular formula is C13H13IN2O2. The molecule has 1 aliphatic heterocycles. The second-order valence-electron chi connectivity index (χ2n) is 4.90. The summed E-state index contributed by atoms with van der Waals surface area (Å²) in [6.07, 6.45) is 3.02. The third kappa shape index (κ3) is 1.90. The number of benzene rings is 1. The van der Waals surface area contributed by atoms with Gasteiger partial charge in [0.2, 0.25) is 0 Å². The van der Waals surface area contributed by atoms with Gasteiger partial charge in [0.05, 0.1) is 0 Å². The number of fused-ring (bicyclic) bond motifs is 1. The number of aryl methyl sites for hydroxylation is 2. The van der Waals surface area contributed by atoms with E-state index in [0.717, 1.165) is 12.8 Å². The zero-order valence-corrected chi connectivity index (χ0v) is 11.9. The summed E-state index contributed by atoms with van der Waals surface area (Å²) in [6.45, 7) is 0. The number of nitrogens with one attached hydrogen (secondary N) is 2. The largest absolute Gasteiger partial charge is 0.323 e. The van der Waals surface area contributed by atoms with Crippen molar-refractivity contribution in [2.75, 3.05) is 0 Å². The van der Waals surface area contributed by atoms with E-state index in [1.54, 1.807) is 0 Å². The monoisotopic (exact) mass is 356 g/mol. The highest BCUT2D eigenvalue weighted by molar-refractivity contribution is 14.1. The van der Waals surface area contributed by atoms with Gasteiger partial charge in [-0.15, -0.1) is 0 Å². The van der Waals surface area contributed by atoms with Crippen molar-refractivity contribution in [3.63, 3.8) is 0 Å². The molecule has 0 saturated carbocycles. The van der Waals surface area contributed by atoms with Crippen LogP contribution in [0.1, 0.15) is 24.0 Å². The molecule has 3 rings (SSSR count). The average Bonchev–Trinajstić information content (AvgIpc) is 2.50. The standard InChI is InChI=1S/C13H13IN2O2/c14-10-2-1-8-3-5-13(6-4-9(8)7-10)11(17)15-12(18)16-13/h1-2,7H,3-6H2,(H2,15,16,17,18). The van der Waals surface area contributed by atoms with E-state index in [0.29, 0.717) is 12.8 Å². The van der Waals surface area contributed by atoms with Crippen molar-refractivity contribution in [3.05, 3.63) is 32.9 Å². The minimum Gasteiger partial charge on any atom is -0.323 e. The van der Waals surface area contributed by atoms with Crippen molar-refractivity contribution < 1.29 is 9.59 Å². The highest BCUT2D eigenvalue weighted by Gasteiger charge is 2.46. The Kier molecular flexibility index (Phi) is 2.80. The van der Waals surface area contributed by atoms with Crippen molar-refractivity contribution in [2.24, 2.45) is 0 Å². The second-order valence-corrected chi connectivity index (χ2v) is 6.15. The molecular weight excluding hydrogens is 343 g/mol. The molecule has 1 aliphatic carbocycles. The molecule has 18 heavy (non-hydrogen) atoms. The van der Waals surface area contributed by atoms with Crippen LogP contribution in [0.2, 0.25) is 0 Å². The first-order valence-electron chi connectivity index (χ1n) is 6.00. The number of imide groups is 1. The first-order valence-corrected chi connectivity index (χ1v) is 7.08. The Hall–Kier alpha value is -1.11. The third-order valence-electron chi connectivity index (χ3n) is 3.83. The SMILES string of the molecule is O=C1NC(=O)C2(CCc3ccc(I)cc3CC2)N1. The minimum atomic E-state index is -0.693. The van der Waals surface area contributed by atoms with Gasteiger partial charge in [0.15, 0.2) is 0 Å². The molecule has 1 aromatic carbocycles. The molecule has 1 unspecified atom stereocenters. The molecule has 1 aromatic rings. The van der Waals surface area contributed by atoms with E-state index in [4.69, 9.17) is 0 Å². The maximum absolute atomic E-state index is 11.9. The Balaban J connectivity index is 1.91. The Morgan fingerprint density at radius 3 is 2.50 bits per heavy atom. The molecule has 1 saturated heterocycles. The summed E-state index contributed by atoms with van der Waals surface area (Å²) >= 11 is 2.30. The first-order chi connectivity index (χ1) is 8.59. The molecule has 2 aliphatic rings. The van der Waals surface area contributed by atoms with Crippen LogP contribution in [0.4, 0.5) is 4.79 Å². The predicted molar refractivity (Wildman–Crippen MR) is 75.2 cm³/mol. The van der Waals surface area contributed by atoms with Gasteiger partial charge in [-0.05, 0) is 71.5 Å². The van der Waals surface area contributed by atoms with Crippen LogP contribution in [0.15, 0.2) is 18.2 Å². The van der Waals surface area contributed by atoms with Crippen LogP contribution in [0, 0.1) is 3.57 Å². The lowest BCUT2D eigenvalue weighted by atomic mass is 9.90. The summed E-state index contributed by atoms with van der Waals surface area (Å²) in [5.41, 5.74) is 1.90. The predicted octanol–water partition coefficient (Wildman–Crippen LogP) is 1.75. The summed E-state index contributed by atoms with van der Waals surface area (Å²) in [7, 11) is 0. The molecule has 0 radical (unpaired) electrons. The molecule has 0 aromatic heterocycles. The van der Waals surface area contributed by atoms with Crippen molar-refractivity contribution in [1.82, 2.24) is 10.6 Å². The van der Waals surface area contributed by atoms with Crippen LogP contribution < -0.4 is 10.6 Å². The van der Waals surface area contributed by atoms with Gasteiger partial charge in [-0.2, -0.15) is 0 Å². The Morgan fingerprint density at radius 1 is 1.11 bits per heavy atom. The third-order valence-corrected chi connectivity index (χ3v) is 4.50. The van der Waals surface area contributed by atoms with Gasteiger partial charge in [-0.25, -0.2) is 4.79 Å².